The van der Waals surface area contributed by atoms with E-state index in [2.05, 4.69) is 54.6 Å². The van der Waals surface area contributed by atoms with Crippen molar-refractivity contribution in [3.63, 3.8) is 0 Å². The summed E-state index contributed by atoms with van der Waals surface area (Å²) >= 11 is 8.51. The minimum atomic E-state index is 0.0731. The van der Waals surface area contributed by atoms with Crippen molar-refractivity contribution in [1.29, 1.82) is 0 Å². The third-order valence-corrected chi connectivity index (χ3v) is 6.01. The van der Waals surface area contributed by atoms with Crippen LogP contribution in [0.15, 0.2) is 78.9 Å². The summed E-state index contributed by atoms with van der Waals surface area (Å²) in [6, 6.07) is 26.0. The van der Waals surface area contributed by atoms with Gasteiger partial charge in [-0.05, 0) is 59.4 Å². The van der Waals surface area contributed by atoms with Crippen LogP contribution in [0.3, 0.4) is 0 Å². The largest absolute Gasteiger partial charge is 0.457 e. The van der Waals surface area contributed by atoms with E-state index in [9.17, 15) is 0 Å². The van der Waals surface area contributed by atoms with Gasteiger partial charge in [-0.15, -0.1) is 0 Å². The van der Waals surface area contributed by atoms with Gasteiger partial charge < -0.3 is 9.47 Å². The van der Waals surface area contributed by atoms with Gasteiger partial charge in [-0.3, -0.25) is 0 Å². The fraction of sp³-hybridized carbons (Fsp3) is 0.280. The number of hydrogen-bond acceptors (Lipinski definition) is 2. The first-order valence-corrected chi connectivity index (χ1v) is 11.3. The lowest BCUT2D eigenvalue weighted by Crippen LogP contribution is -2.21. The first kappa shape index (κ1) is 22.1. The molecule has 0 amide bonds. The smallest absolute Gasteiger partial charge is 0.127 e. The van der Waals surface area contributed by atoms with Crippen LogP contribution in [0.4, 0.5) is 0 Å². The number of hydrogen-bond donors (Lipinski definition) is 0. The van der Waals surface area contributed by atoms with Crippen LogP contribution < -0.4 is 4.74 Å². The molecule has 0 bridgehead atoms. The molecule has 0 aliphatic rings. The monoisotopic (exact) mass is 520 g/mol. The average Bonchev–Trinajstić information content (AvgIpc) is 2.69. The maximum Gasteiger partial charge on any atom is 0.127 e. The number of ether oxygens (including phenoxy) is 2. The summed E-state index contributed by atoms with van der Waals surface area (Å²) in [5.41, 5.74) is 2.48. The molecule has 0 saturated carbocycles. The van der Waals surface area contributed by atoms with Gasteiger partial charge in [0.1, 0.15) is 11.5 Å². The molecular weight excluding hydrogens is 495 g/mol. The quantitative estimate of drug-likeness (QED) is 0.209. The predicted molar refractivity (Wildman–Crippen MR) is 129 cm³/mol. The van der Waals surface area contributed by atoms with E-state index < -0.39 is 0 Å². The minimum Gasteiger partial charge on any atom is -0.457 e. The predicted octanol–water partition coefficient (Wildman–Crippen LogP) is 8.24. The summed E-state index contributed by atoms with van der Waals surface area (Å²) in [6.45, 7) is 5.78. The molecule has 0 N–H and O–H groups in total. The molecule has 1 atom stereocenters. The summed E-state index contributed by atoms with van der Waals surface area (Å²) in [6.07, 6.45) is 1.03. The van der Waals surface area contributed by atoms with E-state index in [1.54, 1.807) is 0 Å². The molecule has 3 aromatic rings. The van der Waals surface area contributed by atoms with Gasteiger partial charge in [0.2, 0.25) is 0 Å². The molecule has 3 rings (SSSR count). The standard InChI is InChI=1S/C25H26ClIO2/c1-25(2,16-24(27)20-11-13-21(26)14-12-20)18-28-17-19-7-6-10-23(15-19)29-22-8-4-3-5-9-22/h3-15,24H,16-18H2,1-2H3. The molecule has 29 heavy (non-hydrogen) atoms. The molecule has 1 unspecified atom stereocenters. The Bertz CT molecular complexity index is 894. The number of rotatable bonds is 9. The molecule has 0 aromatic heterocycles. The van der Waals surface area contributed by atoms with Crippen molar-refractivity contribution < 1.29 is 9.47 Å². The molecule has 3 aromatic carbocycles. The zero-order chi connectivity index (χ0) is 20.7. The zero-order valence-electron chi connectivity index (χ0n) is 16.8. The second kappa shape index (κ2) is 10.5. The number of para-hydroxylation sites is 1. The number of alkyl halides is 1. The Labute approximate surface area is 192 Å². The van der Waals surface area contributed by atoms with E-state index in [1.165, 1.54) is 5.56 Å². The van der Waals surface area contributed by atoms with Crippen LogP contribution in [0.25, 0.3) is 0 Å². The second-order valence-corrected chi connectivity index (χ2v) is 9.88. The highest BCUT2D eigenvalue weighted by molar-refractivity contribution is 14.1. The van der Waals surface area contributed by atoms with Crippen molar-refractivity contribution in [1.82, 2.24) is 0 Å². The maximum atomic E-state index is 6.07. The second-order valence-electron chi connectivity index (χ2n) is 7.94. The molecule has 0 aliphatic heterocycles. The van der Waals surface area contributed by atoms with E-state index in [0.717, 1.165) is 28.5 Å². The summed E-state index contributed by atoms with van der Waals surface area (Å²) < 4.78 is 12.4. The van der Waals surface area contributed by atoms with E-state index in [1.807, 2.05) is 60.7 Å². The minimum absolute atomic E-state index is 0.0731. The molecule has 0 saturated heterocycles. The maximum absolute atomic E-state index is 6.07. The van der Waals surface area contributed by atoms with Crippen LogP contribution in [0.2, 0.25) is 5.02 Å². The van der Waals surface area contributed by atoms with Gasteiger partial charge in [0.05, 0.1) is 13.2 Å². The van der Waals surface area contributed by atoms with Crippen molar-refractivity contribution in [3.8, 4) is 11.5 Å². The normalized spacial score (nSPS) is 12.6. The zero-order valence-corrected chi connectivity index (χ0v) is 19.7. The van der Waals surface area contributed by atoms with Crippen molar-refractivity contribution in [2.45, 2.75) is 30.8 Å². The fourth-order valence-corrected chi connectivity index (χ4v) is 4.84. The fourth-order valence-electron chi connectivity index (χ4n) is 3.10. The summed E-state index contributed by atoms with van der Waals surface area (Å²) in [5, 5.41) is 0.776. The Hall–Kier alpha value is -1.56. The van der Waals surface area contributed by atoms with Crippen LogP contribution in [0.1, 0.15) is 35.3 Å². The summed E-state index contributed by atoms with van der Waals surface area (Å²) in [5.74, 6) is 1.66. The highest BCUT2D eigenvalue weighted by Crippen LogP contribution is 2.37. The highest BCUT2D eigenvalue weighted by Gasteiger charge is 2.23. The van der Waals surface area contributed by atoms with Crippen molar-refractivity contribution in [2.24, 2.45) is 5.41 Å². The Morgan fingerprint density at radius 2 is 1.59 bits per heavy atom. The lowest BCUT2D eigenvalue weighted by Gasteiger charge is -2.27. The molecule has 152 valence electrons. The lowest BCUT2D eigenvalue weighted by atomic mass is 9.87. The molecule has 0 aliphatic carbocycles. The summed E-state index contributed by atoms with van der Waals surface area (Å²) in [7, 11) is 0. The van der Waals surface area contributed by atoms with Crippen molar-refractivity contribution in [3.05, 3.63) is 95.0 Å². The van der Waals surface area contributed by atoms with Gasteiger partial charge >= 0.3 is 0 Å². The van der Waals surface area contributed by atoms with Crippen LogP contribution in [-0.2, 0) is 11.3 Å². The van der Waals surface area contributed by atoms with Gasteiger partial charge in [-0.2, -0.15) is 0 Å². The van der Waals surface area contributed by atoms with E-state index in [4.69, 9.17) is 21.1 Å². The Balaban J connectivity index is 1.50. The molecule has 4 heteroatoms. The molecule has 0 heterocycles. The SMILES string of the molecule is CC(C)(COCc1cccc(Oc2ccccc2)c1)CC(I)c1ccc(Cl)cc1. The Morgan fingerprint density at radius 1 is 0.897 bits per heavy atom. The number of benzene rings is 3. The Kier molecular flexibility index (Phi) is 7.99. The van der Waals surface area contributed by atoms with Gasteiger partial charge in [-0.25, -0.2) is 0 Å². The average molecular weight is 521 g/mol. The molecule has 0 radical (unpaired) electrons. The van der Waals surface area contributed by atoms with E-state index >= 15 is 0 Å². The first-order chi connectivity index (χ1) is 13.9. The van der Waals surface area contributed by atoms with Crippen LogP contribution in [0.5, 0.6) is 11.5 Å². The van der Waals surface area contributed by atoms with Gasteiger partial charge in [0.25, 0.3) is 0 Å². The van der Waals surface area contributed by atoms with Crippen LogP contribution in [0, 0.1) is 5.41 Å². The van der Waals surface area contributed by atoms with Crippen LogP contribution >= 0.6 is 34.2 Å². The van der Waals surface area contributed by atoms with Crippen molar-refractivity contribution >= 4 is 34.2 Å². The van der Waals surface area contributed by atoms with E-state index in [0.29, 0.717) is 17.1 Å². The first-order valence-electron chi connectivity index (χ1n) is 9.70. The van der Waals surface area contributed by atoms with Gasteiger partial charge in [0, 0.05) is 8.95 Å². The highest BCUT2D eigenvalue weighted by atomic mass is 127. The number of halogens is 2. The van der Waals surface area contributed by atoms with E-state index in [-0.39, 0.29) is 5.41 Å². The lowest BCUT2D eigenvalue weighted by molar-refractivity contribution is 0.0474. The topological polar surface area (TPSA) is 18.5 Å². The molecule has 0 fully saturated rings. The summed E-state index contributed by atoms with van der Waals surface area (Å²) in [4.78, 5) is 0. The van der Waals surface area contributed by atoms with Gasteiger partial charge in [0.15, 0.2) is 0 Å². The third-order valence-electron chi connectivity index (χ3n) is 4.60. The molecule has 0 spiro atoms. The molecule has 2 nitrogen and oxygen atoms in total. The van der Waals surface area contributed by atoms with Crippen LogP contribution in [-0.4, -0.2) is 6.61 Å². The molecular formula is C25H26ClIO2. The van der Waals surface area contributed by atoms with Crippen molar-refractivity contribution in [2.75, 3.05) is 6.61 Å². The van der Waals surface area contributed by atoms with Gasteiger partial charge in [-0.1, -0.05) is 90.5 Å². The Morgan fingerprint density at radius 3 is 2.31 bits per heavy atom. The third kappa shape index (κ3) is 7.32.